The van der Waals surface area contributed by atoms with Gasteiger partial charge in [0.1, 0.15) is 0 Å². The van der Waals surface area contributed by atoms with Gasteiger partial charge in [-0.05, 0) is 24.1 Å². The number of rotatable bonds is 4. The molecule has 0 unspecified atom stereocenters. The van der Waals surface area contributed by atoms with Crippen LogP contribution in [0.4, 0.5) is 0 Å². The molecule has 1 fully saturated rings. The van der Waals surface area contributed by atoms with E-state index in [9.17, 15) is 4.79 Å². The van der Waals surface area contributed by atoms with Gasteiger partial charge in [0, 0.05) is 38.3 Å². The Labute approximate surface area is 144 Å². The summed E-state index contributed by atoms with van der Waals surface area (Å²) in [6.07, 6.45) is 1.97. The van der Waals surface area contributed by atoms with Gasteiger partial charge in [-0.2, -0.15) is 0 Å². The molecule has 3 nitrogen and oxygen atoms in total. The van der Waals surface area contributed by atoms with Crippen molar-refractivity contribution < 1.29 is 4.79 Å². The molecule has 0 spiro atoms. The van der Waals surface area contributed by atoms with E-state index in [2.05, 4.69) is 29.2 Å². The van der Waals surface area contributed by atoms with Crippen LogP contribution in [0.1, 0.15) is 18.1 Å². The second-order valence-corrected chi connectivity index (χ2v) is 6.29. The average molecular weight is 320 g/mol. The van der Waals surface area contributed by atoms with Crippen molar-refractivity contribution in [3.8, 4) is 0 Å². The Kier molecular flexibility index (Phi) is 5.44. The van der Waals surface area contributed by atoms with Crippen molar-refractivity contribution in [2.75, 3.05) is 26.2 Å². The van der Waals surface area contributed by atoms with E-state index < -0.39 is 0 Å². The molecule has 1 amide bonds. The van der Waals surface area contributed by atoms with Crippen LogP contribution in [0.15, 0.2) is 66.2 Å². The maximum atomic E-state index is 12.6. The molecule has 124 valence electrons. The van der Waals surface area contributed by atoms with E-state index in [-0.39, 0.29) is 5.91 Å². The van der Waals surface area contributed by atoms with Gasteiger partial charge >= 0.3 is 0 Å². The van der Waals surface area contributed by atoms with Crippen molar-refractivity contribution >= 4 is 12.0 Å². The molecule has 0 aromatic heterocycles. The van der Waals surface area contributed by atoms with Crippen LogP contribution in [0.25, 0.3) is 6.08 Å². The predicted octanol–water partition coefficient (Wildman–Crippen LogP) is 3.43. The standard InChI is InChI=1S/C21H24N2O/c1-18(16-19-8-4-2-5-9-19)21(24)23-14-12-22(13-15-23)17-20-10-6-3-7-11-20/h2-11,16H,12-15,17H2,1H3. The third kappa shape index (κ3) is 4.33. The first-order valence-electron chi connectivity index (χ1n) is 8.51. The van der Waals surface area contributed by atoms with Crippen LogP contribution < -0.4 is 0 Å². The summed E-state index contributed by atoms with van der Waals surface area (Å²) >= 11 is 0. The van der Waals surface area contributed by atoms with Gasteiger partial charge in [0.2, 0.25) is 5.91 Å². The highest BCUT2D eigenvalue weighted by Crippen LogP contribution is 2.13. The molecule has 0 bridgehead atoms. The summed E-state index contributed by atoms with van der Waals surface area (Å²) in [5.41, 5.74) is 3.21. The van der Waals surface area contributed by atoms with Crippen LogP contribution in [0.2, 0.25) is 0 Å². The lowest BCUT2D eigenvalue weighted by molar-refractivity contribution is -0.128. The molecule has 0 saturated carbocycles. The van der Waals surface area contributed by atoms with Crippen molar-refractivity contribution in [2.45, 2.75) is 13.5 Å². The van der Waals surface area contributed by atoms with Gasteiger partial charge in [-0.3, -0.25) is 9.69 Å². The summed E-state index contributed by atoms with van der Waals surface area (Å²) in [4.78, 5) is 17.0. The van der Waals surface area contributed by atoms with Gasteiger partial charge in [-0.25, -0.2) is 0 Å². The molecule has 0 radical (unpaired) electrons. The summed E-state index contributed by atoms with van der Waals surface area (Å²) in [5, 5.41) is 0. The van der Waals surface area contributed by atoms with Gasteiger partial charge in [-0.1, -0.05) is 60.7 Å². The van der Waals surface area contributed by atoms with E-state index in [0.29, 0.717) is 0 Å². The van der Waals surface area contributed by atoms with Crippen LogP contribution >= 0.6 is 0 Å². The predicted molar refractivity (Wildman–Crippen MR) is 98.4 cm³/mol. The van der Waals surface area contributed by atoms with E-state index in [1.165, 1.54) is 5.56 Å². The number of hydrogen-bond acceptors (Lipinski definition) is 2. The Morgan fingerprint density at radius 2 is 1.50 bits per heavy atom. The first kappa shape index (κ1) is 16.5. The number of hydrogen-bond donors (Lipinski definition) is 0. The van der Waals surface area contributed by atoms with Gasteiger partial charge < -0.3 is 4.90 Å². The second-order valence-electron chi connectivity index (χ2n) is 6.29. The number of carbonyl (C=O) groups is 1. The van der Waals surface area contributed by atoms with Crippen molar-refractivity contribution in [3.63, 3.8) is 0 Å². The summed E-state index contributed by atoms with van der Waals surface area (Å²) in [6, 6.07) is 20.5. The monoisotopic (exact) mass is 320 g/mol. The Hall–Kier alpha value is -2.39. The zero-order chi connectivity index (χ0) is 16.8. The lowest BCUT2D eigenvalue weighted by Gasteiger charge is -2.35. The van der Waals surface area contributed by atoms with E-state index >= 15 is 0 Å². The minimum Gasteiger partial charge on any atom is -0.336 e. The van der Waals surface area contributed by atoms with Crippen LogP contribution in [0.5, 0.6) is 0 Å². The molecule has 3 rings (SSSR count). The minimum atomic E-state index is 0.151. The Balaban J connectivity index is 1.54. The molecular weight excluding hydrogens is 296 g/mol. The lowest BCUT2D eigenvalue weighted by Crippen LogP contribution is -2.48. The Morgan fingerprint density at radius 3 is 2.12 bits per heavy atom. The molecule has 2 aromatic rings. The zero-order valence-corrected chi connectivity index (χ0v) is 14.2. The van der Waals surface area contributed by atoms with Crippen molar-refractivity contribution in [1.82, 2.24) is 9.80 Å². The van der Waals surface area contributed by atoms with Gasteiger partial charge in [-0.15, -0.1) is 0 Å². The Bertz CT molecular complexity index is 686. The third-order valence-electron chi connectivity index (χ3n) is 4.43. The molecule has 0 aliphatic carbocycles. The van der Waals surface area contributed by atoms with Crippen LogP contribution in [0.3, 0.4) is 0 Å². The first-order valence-corrected chi connectivity index (χ1v) is 8.51. The van der Waals surface area contributed by atoms with Crippen molar-refractivity contribution in [2.24, 2.45) is 0 Å². The van der Waals surface area contributed by atoms with Gasteiger partial charge in [0.15, 0.2) is 0 Å². The molecule has 1 saturated heterocycles. The number of nitrogens with zero attached hydrogens (tertiary/aromatic N) is 2. The van der Waals surface area contributed by atoms with E-state index in [4.69, 9.17) is 0 Å². The van der Waals surface area contributed by atoms with E-state index in [1.54, 1.807) is 0 Å². The number of carbonyl (C=O) groups excluding carboxylic acids is 1. The van der Waals surface area contributed by atoms with Crippen LogP contribution in [-0.4, -0.2) is 41.9 Å². The molecular formula is C21H24N2O. The molecule has 0 N–H and O–H groups in total. The fraction of sp³-hybridized carbons (Fsp3) is 0.286. The second kappa shape index (κ2) is 7.93. The SMILES string of the molecule is CC(=Cc1ccccc1)C(=O)N1CCN(Cc2ccccc2)CC1. The molecule has 1 heterocycles. The quantitative estimate of drug-likeness (QED) is 0.806. The van der Waals surface area contributed by atoms with E-state index in [1.807, 2.05) is 54.3 Å². The van der Waals surface area contributed by atoms with Gasteiger partial charge in [0.05, 0.1) is 0 Å². The smallest absolute Gasteiger partial charge is 0.249 e. The molecule has 3 heteroatoms. The molecule has 2 aromatic carbocycles. The average Bonchev–Trinajstić information content (AvgIpc) is 2.63. The molecule has 24 heavy (non-hydrogen) atoms. The first-order chi connectivity index (χ1) is 11.7. The van der Waals surface area contributed by atoms with Crippen molar-refractivity contribution in [1.29, 1.82) is 0 Å². The lowest BCUT2D eigenvalue weighted by atomic mass is 10.1. The fourth-order valence-corrected chi connectivity index (χ4v) is 3.06. The summed E-state index contributed by atoms with van der Waals surface area (Å²) in [6.45, 7) is 6.32. The summed E-state index contributed by atoms with van der Waals surface area (Å²) in [7, 11) is 0. The normalized spacial score (nSPS) is 16.2. The highest BCUT2D eigenvalue weighted by molar-refractivity contribution is 5.97. The topological polar surface area (TPSA) is 23.6 Å². The number of amides is 1. The summed E-state index contributed by atoms with van der Waals surface area (Å²) < 4.78 is 0. The van der Waals surface area contributed by atoms with E-state index in [0.717, 1.165) is 43.9 Å². The molecule has 1 aliphatic heterocycles. The highest BCUT2D eigenvalue weighted by atomic mass is 16.2. The largest absolute Gasteiger partial charge is 0.336 e. The minimum absolute atomic E-state index is 0.151. The zero-order valence-electron chi connectivity index (χ0n) is 14.2. The third-order valence-corrected chi connectivity index (χ3v) is 4.43. The number of benzene rings is 2. The number of piperazine rings is 1. The van der Waals surface area contributed by atoms with Crippen LogP contribution in [0, 0.1) is 0 Å². The van der Waals surface area contributed by atoms with Crippen molar-refractivity contribution in [3.05, 3.63) is 77.4 Å². The maximum absolute atomic E-state index is 12.6. The fourth-order valence-electron chi connectivity index (χ4n) is 3.06. The summed E-state index contributed by atoms with van der Waals surface area (Å²) in [5.74, 6) is 0.151. The van der Waals surface area contributed by atoms with Gasteiger partial charge in [0.25, 0.3) is 0 Å². The molecule has 1 aliphatic rings. The highest BCUT2D eigenvalue weighted by Gasteiger charge is 2.21. The maximum Gasteiger partial charge on any atom is 0.249 e. The van der Waals surface area contributed by atoms with Crippen LogP contribution in [-0.2, 0) is 11.3 Å². The molecule has 0 atom stereocenters. The Morgan fingerprint density at radius 1 is 0.917 bits per heavy atom.